The van der Waals surface area contributed by atoms with Gasteiger partial charge in [0.05, 0.1) is 7.11 Å². The summed E-state index contributed by atoms with van der Waals surface area (Å²) in [6, 6.07) is 8.93. The average molecular weight is 414 g/mol. The maximum Gasteiger partial charge on any atom is 0.246 e. The van der Waals surface area contributed by atoms with Crippen LogP contribution in [0.4, 0.5) is 5.82 Å². The van der Waals surface area contributed by atoms with Gasteiger partial charge in [-0.1, -0.05) is 6.07 Å². The van der Waals surface area contributed by atoms with Crippen LogP contribution in [0.15, 0.2) is 53.9 Å². The molecule has 3 heterocycles. The van der Waals surface area contributed by atoms with Crippen molar-refractivity contribution < 1.29 is 13.2 Å². The van der Waals surface area contributed by atoms with Gasteiger partial charge in [-0.3, -0.25) is 4.57 Å². The number of hydrogen-bond donors (Lipinski definition) is 0. The monoisotopic (exact) mass is 414 g/mol. The van der Waals surface area contributed by atoms with Gasteiger partial charge in [-0.2, -0.15) is 4.31 Å². The molecule has 3 aromatic rings. The van der Waals surface area contributed by atoms with E-state index in [-0.39, 0.29) is 4.90 Å². The summed E-state index contributed by atoms with van der Waals surface area (Å²) in [5.74, 6) is 1.76. The van der Waals surface area contributed by atoms with Crippen LogP contribution >= 0.6 is 0 Å². The number of piperazine rings is 1. The SMILES string of the molecule is COc1ccc(C)cc1S(=O)(=O)N1CCN(c2ccc(-n3ccnc3)nn2)CC1. The Kier molecular flexibility index (Phi) is 5.20. The number of rotatable bonds is 5. The van der Waals surface area contributed by atoms with E-state index in [0.717, 1.165) is 11.4 Å². The number of aryl methyl sites for hydroxylation is 1. The molecule has 1 aromatic carbocycles. The van der Waals surface area contributed by atoms with Crippen LogP contribution in [0.25, 0.3) is 5.82 Å². The zero-order chi connectivity index (χ0) is 20.4. The summed E-state index contributed by atoms with van der Waals surface area (Å²) in [5, 5.41) is 8.51. The molecule has 0 unspecified atom stereocenters. The molecule has 0 aliphatic carbocycles. The van der Waals surface area contributed by atoms with Crippen molar-refractivity contribution in [1.82, 2.24) is 24.1 Å². The van der Waals surface area contributed by atoms with Crippen LogP contribution in [0.3, 0.4) is 0 Å². The lowest BCUT2D eigenvalue weighted by Gasteiger charge is -2.34. The van der Waals surface area contributed by atoms with E-state index in [1.165, 1.54) is 11.4 Å². The van der Waals surface area contributed by atoms with Crippen LogP contribution in [-0.4, -0.2) is 65.8 Å². The quantitative estimate of drug-likeness (QED) is 0.624. The van der Waals surface area contributed by atoms with Crippen molar-refractivity contribution in [2.75, 3.05) is 38.2 Å². The Hall–Kier alpha value is -2.98. The Morgan fingerprint density at radius 3 is 2.34 bits per heavy atom. The van der Waals surface area contributed by atoms with Gasteiger partial charge < -0.3 is 9.64 Å². The average Bonchev–Trinajstić information content (AvgIpc) is 3.29. The van der Waals surface area contributed by atoms with Gasteiger partial charge in [-0.25, -0.2) is 13.4 Å². The number of imidazole rings is 1. The van der Waals surface area contributed by atoms with Crippen molar-refractivity contribution in [3.8, 4) is 11.6 Å². The number of nitrogens with zero attached hydrogens (tertiary/aromatic N) is 6. The molecule has 0 radical (unpaired) electrons. The van der Waals surface area contributed by atoms with E-state index in [1.807, 2.05) is 30.0 Å². The van der Waals surface area contributed by atoms with Gasteiger partial charge in [0.2, 0.25) is 10.0 Å². The highest BCUT2D eigenvalue weighted by atomic mass is 32.2. The highest BCUT2D eigenvalue weighted by molar-refractivity contribution is 7.89. The van der Waals surface area contributed by atoms with Crippen molar-refractivity contribution >= 4 is 15.8 Å². The first-order chi connectivity index (χ1) is 14.0. The van der Waals surface area contributed by atoms with E-state index in [2.05, 4.69) is 15.2 Å². The van der Waals surface area contributed by atoms with E-state index in [0.29, 0.717) is 37.7 Å². The van der Waals surface area contributed by atoms with E-state index in [4.69, 9.17) is 4.74 Å². The van der Waals surface area contributed by atoms with Crippen LogP contribution in [0.5, 0.6) is 5.75 Å². The Labute approximate surface area is 169 Å². The second-order valence-electron chi connectivity index (χ2n) is 6.77. The molecule has 0 bridgehead atoms. The molecule has 2 aromatic heterocycles. The standard InChI is InChI=1S/C19H22N6O3S/c1-15-3-4-16(28-2)17(13-15)29(26,27)25-11-9-23(10-12-25)18-5-6-19(22-21-18)24-8-7-20-14-24/h3-8,13-14H,9-12H2,1-2H3. The highest BCUT2D eigenvalue weighted by Gasteiger charge is 2.31. The lowest BCUT2D eigenvalue weighted by atomic mass is 10.2. The first-order valence-electron chi connectivity index (χ1n) is 9.21. The molecular formula is C19H22N6O3S. The number of ether oxygens (including phenoxy) is 1. The summed E-state index contributed by atoms with van der Waals surface area (Å²) in [4.78, 5) is 6.24. The molecule has 1 fully saturated rings. The summed E-state index contributed by atoms with van der Waals surface area (Å²) >= 11 is 0. The molecule has 1 aliphatic heterocycles. The van der Waals surface area contributed by atoms with Crippen molar-refractivity contribution in [2.45, 2.75) is 11.8 Å². The van der Waals surface area contributed by atoms with Gasteiger partial charge in [-0.15, -0.1) is 10.2 Å². The number of hydrogen-bond acceptors (Lipinski definition) is 7. The molecule has 0 amide bonds. The smallest absolute Gasteiger partial charge is 0.246 e. The number of aromatic nitrogens is 4. The lowest BCUT2D eigenvalue weighted by Crippen LogP contribution is -2.49. The van der Waals surface area contributed by atoms with Crippen LogP contribution in [0, 0.1) is 6.92 Å². The fourth-order valence-electron chi connectivity index (χ4n) is 3.30. The molecule has 0 spiro atoms. The Bertz CT molecular complexity index is 1080. The summed E-state index contributed by atoms with van der Waals surface area (Å²) in [7, 11) is -2.15. The lowest BCUT2D eigenvalue weighted by molar-refractivity contribution is 0.373. The predicted octanol–water partition coefficient (Wildman–Crippen LogP) is 1.49. The Morgan fingerprint density at radius 1 is 1.00 bits per heavy atom. The van der Waals surface area contributed by atoms with Crippen LogP contribution in [0.2, 0.25) is 0 Å². The van der Waals surface area contributed by atoms with Crippen molar-refractivity contribution in [2.24, 2.45) is 0 Å². The second-order valence-corrected chi connectivity index (χ2v) is 8.67. The zero-order valence-corrected chi connectivity index (χ0v) is 17.1. The van der Waals surface area contributed by atoms with E-state index in [9.17, 15) is 8.42 Å². The number of anilines is 1. The maximum absolute atomic E-state index is 13.1. The molecule has 1 saturated heterocycles. The fraction of sp³-hybridized carbons (Fsp3) is 0.316. The van der Waals surface area contributed by atoms with Crippen LogP contribution < -0.4 is 9.64 Å². The molecule has 152 valence electrons. The van der Waals surface area contributed by atoms with E-state index < -0.39 is 10.0 Å². The molecule has 0 saturated carbocycles. The first-order valence-corrected chi connectivity index (χ1v) is 10.6. The normalized spacial score (nSPS) is 15.4. The van der Waals surface area contributed by atoms with E-state index >= 15 is 0 Å². The minimum Gasteiger partial charge on any atom is -0.495 e. The minimum absolute atomic E-state index is 0.206. The number of benzene rings is 1. The molecule has 1 aliphatic rings. The van der Waals surface area contributed by atoms with Gasteiger partial charge in [-0.05, 0) is 36.8 Å². The largest absolute Gasteiger partial charge is 0.495 e. The molecular weight excluding hydrogens is 392 g/mol. The summed E-state index contributed by atoms with van der Waals surface area (Å²) < 4.78 is 34.8. The first kappa shape index (κ1) is 19.3. The number of sulfonamides is 1. The third-order valence-corrected chi connectivity index (χ3v) is 6.82. The van der Waals surface area contributed by atoms with Gasteiger partial charge in [0, 0.05) is 38.6 Å². The molecule has 29 heavy (non-hydrogen) atoms. The highest BCUT2D eigenvalue weighted by Crippen LogP contribution is 2.28. The fourth-order valence-corrected chi connectivity index (χ4v) is 4.96. The third kappa shape index (κ3) is 3.81. The minimum atomic E-state index is -3.63. The van der Waals surface area contributed by atoms with Crippen molar-refractivity contribution in [3.63, 3.8) is 0 Å². The van der Waals surface area contributed by atoms with E-state index in [1.54, 1.807) is 35.4 Å². The van der Waals surface area contributed by atoms with Gasteiger partial charge in [0.1, 0.15) is 17.0 Å². The van der Waals surface area contributed by atoms with Crippen LogP contribution in [0.1, 0.15) is 5.56 Å². The molecule has 0 N–H and O–H groups in total. The summed E-state index contributed by atoms with van der Waals surface area (Å²) in [6.07, 6.45) is 5.14. The van der Waals surface area contributed by atoms with Gasteiger partial charge >= 0.3 is 0 Å². The Morgan fingerprint density at radius 2 is 1.72 bits per heavy atom. The summed E-state index contributed by atoms with van der Waals surface area (Å²) in [5.41, 5.74) is 0.872. The topological polar surface area (TPSA) is 93.5 Å². The summed E-state index contributed by atoms with van der Waals surface area (Å²) in [6.45, 7) is 3.66. The Balaban J connectivity index is 1.47. The maximum atomic E-state index is 13.1. The van der Waals surface area contributed by atoms with Crippen molar-refractivity contribution in [1.29, 1.82) is 0 Å². The van der Waals surface area contributed by atoms with Crippen LogP contribution in [-0.2, 0) is 10.0 Å². The molecule has 0 atom stereocenters. The number of methoxy groups -OCH3 is 1. The van der Waals surface area contributed by atoms with Gasteiger partial charge in [0.15, 0.2) is 11.6 Å². The molecule has 9 nitrogen and oxygen atoms in total. The van der Waals surface area contributed by atoms with Crippen molar-refractivity contribution in [3.05, 3.63) is 54.6 Å². The molecule has 10 heteroatoms. The van der Waals surface area contributed by atoms with Gasteiger partial charge in [0.25, 0.3) is 0 Å². The predicted molar refractivity (Wildman–Crippen MR) is 108 cm³/mol. The zero-order valence-electron chi connectivity index (χ0n) is 16.3. The molecule has 4 rings (SSSR count). The second kappa shape index (κ2) is 7.80. The third-order valence-electron chi connectivity index (χ3n) is 4.90.